The second-order valence-electron chi connectivity index (χ2n) is 12.1. The molecule has 0 spiro atoms. The van der Waals surface area contributed by atoms with Gasteiger partial charge < -0.3 is 28.2 Å². The SMILES string of the molecule is COc1ccc(CO[C@H]2[C@H](O[Si](C)(C)C(C)(C)C)[C@H](O[Si](C)(C)C(C)(C)C)CO[C@H]2O)cc1. The number of hydrogen-bond donors (Lipinski definition) is 1. The van der Waals surface area contributed by atoms with E-state index in [1.807, 2.05) is 24.3 Å². The van der Waals surface area contributed by atoms with E-state index in [0.717, 1.165) is 11.3 Å². The summed E-state index contributed by atoms with van der Waals surface area (Å²) in [6.07, 6.45) is -2.44. The number of aliphatic hydroxyl groups excluding tert-OH is 1. The van der Waals surface area contributed by atoms with Crippen molar-refractivity contribution in [1.82, 2.24) is 0 Å². The van der Waals surface area contributed by atoms with Crippen LogP contribution in [0.1, 0.15) is 47.1 Å². The maximum atomic E-state index is 10.8. The average Bonchev–Trinajstić information content (AvgIpc) is 2.68. The molecule has 8 heteroatoms. The molecule has 1 aliphatic rings. The Morgan fingerprint density at radius 3 is 1.88 bits per heavy atom. The number of ether oxygens (including phenoxy) is 3. The Kier molecular flexibility index (Phi) is 9.05. The molecule has 0 saturated carbocycles. The minimum absolute atomic E-state index is 0.0122. The van der Waals surface area contributed by atoms with E-state index in [9.17, 15) is 5.11 Å². The Bertz CT molecular complexity index is 752. The van der Waals surface area contributed by atoms with Crippen molar-refractivity contribution in [3.05, 3.63) is 29.8 Å². The molecule has 0 radical (unpaired) electrons. The van der Waals surface area contributed by atoms with Gasteiger partial charge in [-0.25, -0.2) is 0 Å². The fraction of sp³-hybridized carbons (Fsp3) is 0.760. The van der Waals surface area contributed by atoms with Crippen LogP contribution in [0.4, 0.5) is 0 Å². The Balaban J connectivity index is 2.31. The molecule has 1 aliphatic heterocycles. The Morgan fingerprint density at radius 2 is 1.39 bits per heavy atom. The molecule has 1 fully saturated rings. The van der Waals surface area contributed by atoms with E-state index in [1.54, 1.807) is 7.11 Å². The van der Waals surface area contributed by atoms with Crippen LogP contribution in [0.3, 0.4) is 0 Å². The average molecular weight is 499 g/mol. The maximum absolute atomic E-state index is 10.8. The van der Waals surface area contributed by atoms with Gasteiger partial charge in [0.1, 0.15) is 18.0 Å². The molecular weight excluding hydrogens is 452 g/mol. The normalized spacial score (nSPS) is 25.2. The Hall–Kier alpha value is -0.746. The van der Waals surface area contributed by atoms with Crippen molar-refractivity contribution in [1.29, 1.82) is 0 Å². The lowest BCUT2D eigenvalue weighted by Gasteiger charge is -2.49. The molecule has 0 aliphatic carbocycles. The smallest absolute Gasteiger partial charge is 0.192 e. The molecule has 1 saturated heterocycles. The third kappa shape index (κ3) is 7.13. The Morgan fingerprint density at radius 1 is 0.879 bits per heavy atom. The number of aliphatic hydroxyl groups is 1. The fourth-order valence-corrected chi connectivity index (χ4v) is 5.80. The van der Waals surface area contributed by atoms with Gasteiger partial charge in [0.25, 0.3) is 0 Å². The summed E-state index contributed by atoms with van der Waals surface area (Å²) >= 11 is 0. The van der Waals surface area contributed by atoms with Crippen molar-refractivity contribution in [3.8, 4) is 5.75 Å². The first-order valence-corrected chi connectivity index (χ1v) is 17.7. The van der Waals surface area contributed by atoms with Crippen LogP contribution < -0.4 is 4.74 Å². The largest absolute Gasteiger partial charge is 0.497 e. The van der Waals surface area contributed by atoms with Crippen LogP contribution in [-0.2, 0) is 24.9 Å². The molecule has 1 N–H and O–H groups in total. The summed E-state index contributed by atoms with van der Waals surface area (Å²) in [4.78, 5) is 0. The van der Waals surface area contributed by atoms with Crippen molar-refractivity contribution < 1.29 is 28.2 Å². The van der Waals surface area contributed by atoms with Crippen molar-refractivity contribution in [2.45, 2.75) is 109 Å². The van der Waals surface area contributed by atoms with Gasteiger partial charge in [-0.3, -0.25) is 0 Å². The predicted octanol–water partition coefficient (Wildman–Crippen LogP) is 5.71. The summed E-state index contributed by atoms with van der Waals surface area (Å²) in [6.45, 7) is 22.8. The van der Waals surface area contributed by atoms with Crippen LogP contribution in [-0.4, -0.2) is 60.1 Å². The summed E-state index contributed by atoms with van der Waals surface area (Å²) < 4.78 is 30.9. The van der Waals surface area contributed by atoms with Gasteiger partial charge in [0, 0.05) is 0 Å². The van der Waals surface area contributed by atoms with Gasteiger partial charge in [0.15, 0.2) is 22.9 Å². The lowest BCUT2D eigenvalue weighted by Crippen LogP contribution is -2.62. The zero-order valence-corrected chi connectivity index (χ0v) is 24.5. The standard InChI is InChI=1S/C25H46O6Si2/c1-24(2,3)32(8,9)30-20-17-29-23(26)22(21(20)31-33(10,11)25(4,5)6)28-16-18-12-14-19(27-7)15-13-18/h12-15,20-23,26H,16-17H2,1-11H3/t20-,21-,22+,23-/m1/s1. The van der Waals surface area contributed by atoms with E-state index in [1.165, 1.54) is 0 Å². The molecule has 0 aromatic heterocycles. The summed E-state index contributed by atoms with van der Waals surface area (Å²) in [5.74, 6) is 0.793. The van der Waals surface area contributed by atoms with Crippen LogP contribution in [0.15, 0.2) is 24.3 Å². The molecule has 2 rings (SSSR count). The van der Waals surface area contributed by atoms with E-state index in [0.29, 0.717) is 6.61 Å². The molecule has 33 heavy (non-hydrogen) atoms. The van der Waals surface area contributed by atoms with Crippen LogP contribution in [0.25, 0.3) is 0 Å². The molecule has 1 aromatic carbocycles. The van der Waals surface area contributed by atoms with Gasteiger partial charge >= 0.3 is 0 Å². The van der Waals surface area contributed by atoms with Crippen LogP contribution in [0, 0.1) is 0 Å². The second-order valence-corrected chi connectivity index (χ2v) is 21.6. The van der Waals surface area contributed by atoms with Gasteiger partial charge in [-0.15, -0.1) is 0 Å². The van der Waals surface area contributed by atoms with Crippen molar-refractivity contribution in [3.63, 3.8) is 0 Å². The molecule has 1 aromatic rings. The number of rotatable bonds is 8. The molecule has 190 valence electrons. The maximum Gasteiger partial charge on any atom is 0.192 e. The highest BCUT2D eigenvalue weighted by molar-refractivity contribution is 6.74. The highest BCUT2D eigenvalue weighted by atomic mass is 28.4. The molecule has 6 nitrogen and oxygen atoms in total. The number of benzene rings is 1. The lowest BCUT2D eigenvalue weighted by molar-refractivity contribution is -0.261. The van der Waals surface area contributed by atoms with Crippen molar-refractivity contribution in [2.75, 3.05) is 13.7 Å². The number of hydrogen-bond acceptors (Lipinski definition) is 6. The fourth-order valence-electron chi connectivity index (χ4n) is 3.16. The molecule has 1 heterocycles. The van der Waals surface area contributed by atoms with E-state index in [-0.39, 0.29) is 22.8 Å². The van der Waals surface area contributed by atoms with E-state index >= 15 is 0 Å². The van der Waals surface area contributed by atoms with Gasteiger partial charge in [-0.05, 0) is 54.0 Å². The van der Waals surface area contributed by atoms with Gasteiger partial charge in [0.2, 0.25) is 0 Å². The zero-order chi connectivity index (χ0) is 25.2. The summed E-state index contributed by atoms with van der Waals surface area (Å²) in [6, 6.07) is 7.73. The summed E-state index contributed by atoms with van der Waals surface area (Å²) in [7, 11) is -2.63. The van der Waals surface area contributed by atoms with Crippen LogP contribution in [0.2, 0.25) is 36.3 Å². The van der Waals surface area contributed by atoms with Crippen LogP contribution >= 0.6 is 0 Å². The van der Waals surface area contributed by atoms with Crippen molar-refractivity contribution in [2.24, 2.45) is 0 Å². The molecule has 0 bridgehead atoms. The minimum Gasteiger partial charge on any atom is -0.497 e. The van der Waals surface area contributed by atoms with E-state index in [4.69, 9.17) is 23.1 Å². The van der Waals surface area contributed by atoms with E-state index in [2.05, 4.69) is 67.7 Å². The summed E-state index contributed by atoms with van der Waals surface area (Å²) in [5.41, 5.74) is 0.988. The molecule has 4 atom stereocenters. The highest BCUT2D eigenvalue weighted by Crippen LogP contribution is 2.42. The molecule has 0 amide bonds. The first kappa shape index (κ1) is 28.5. The van der Waals surface area contributed by atoms with Gasteiger partial charge in [-0.2, -0.15) is 0 Å². The molecular formula is C25H46O6Si2. The third-order valence-electron chi connectivity index (χ3n) is 7.49. The molecule has 0 unspecified atom stereocenters. The lowest BCUT2D eigenvalue weighted by atomic mass is 10.1. The second kappa shape index (κ2) is 10.5. The first-order chi connectivity index (χ1) is 15.0. The minimum atomic E-state index is -2.18. The quantitative estimate of drug-likeness (QED) is 0.463. The predicted molar refractivity (Wildman–Crippen MR) is 138 cm³/mol. The topological polar surface area (TPSA) is 66.4 Å². The van der Waals surface area contributed by atoms with Gasteiger partial charge in [0.05, 0.1) is 26.4 Å². The Labute approximate surface area is 203 Å². The zero-order valence-electron chi connectivity index (χ0n) is 22.5. The van der Waals surface area contributed by atoms with Crippen LogP contribution in [0.5, 0.6) is 5.75 Å². The van der Waals surface area contributed by atoms with Gasteiger partial charge in [-0.1, -0.05) is 53.7 Å². The number of methoxy groups -OCH3 is 1. The summed E-state index contributed by atoms with van der Waals surface area (Å²) in [5, 5.41) is 10.9. The third-order valence-corrected chi connectivity index (χ3v) is 16.5. The first-order valence-electron chi connectivity index (χ1n) is 11.9. The van der Waals surface area contributed by atoms with E-state index < -0.39 is 35.1 Å². The monoisotopic (exact) mass is 498 g/mol. The highest BCUT2D eigenvalue weighted by Gasteiger charge is 2.50. The van der Waals surface area contributed by atoms with Crippen molar-refractivity contribution >= 4 is 16.6 Å².